The number of hydrogen-bond acceptors (Lipinski definition) is 21. The number of allylic oxidation sites excluding steroid dienone is 7. The monoisotopic (exact) mass is 1130 g/mol. The van der Waals surface area contributed by atoms with E-state index in [2.05, 4.69) is 0 Å². The quantitative estimate of drug-likeness (QED) is 0.109. The normalized spacial score (nSPS) is 46.7. The third kappa shape index (κ3) is 17.3. The first kappa shape index (κ1) is 67.2. The Hall–Kier alpha value is -2.59. The van der Waals surface area contributed by atoms with Gasteiger partial charge >= 0.3 is 5.97 Å². The van der Waals surface area contributed by atoms with Gasteiger partial charge in [-0.25, -0.2) is 4.79 Å². The number of carbonyl (C=O) groups excluding carboxylic acids is 1. The molecular formula is C58H96O21. The van der Waals surface area contributed by atoms with Gasteiger partial charge in [0.1, 0.15) is 42.7 Å². The summed E-state index contributed by atoms with van der Waals surface area (Å²) in [4.78, 5) is 14.1. The zero-order valence-corrected chi connectivity index (χ0v) is 49.1. The van der Waals surface area contributed by atoms with E-state index in [-0.39, 0.29) is 50.2 Å². The van der Waals surface area contributed by atoms with E-state index in [0.29, 0.717) is 12.0 Å². The van der Waals surface area contributed by atoms with Crippen molar-refractivity contribution in [2.75, 3.05) is 35.0 Å². The summed E-state index contributed by atoms with van der Waals surface area (Å²) < 4.78 is 72.0. The molecule has 0 aromatic carbocycles. The molecule has 0 aliphatic carbocycles. The van der Waals surface area contributed by atoms with Crippen LogP contribution in [0.3, 0.4) is 0 Å². The molecule has 0 amide bonds. The van der Waals surface area contributed by atoms with Crippen LogP contribution in [0, 0.1) is 17.8 Å². The lowest BCUT2D eigenvalue weighted by atomic mass is 9.76. The molecule has 454 valence electrons. The number of esters is 1. The van der Waals surface area contributed by atoms with Gasteiger partial charge in [-0.15, -0.1) is 0 Å². The number of aliphatic hydroxyl groups is 8. The summed E-state index contributed by atoms with van der Waals surface area (Å²) >= 11 is 0. The van der Waals surface area contributed by atoms with Gasteiger partial charge in [0.05, 0.1) is 73.2 Å². The lowest BCUT2D eigenvalue weighted by Gasteiger charge is -2.51. The van der Waals surface area contributed by atoms with Crippen molar-refractivity contribution in [2.24, 2.45) is 17.8 Å². The van der Waals surface area contributed by atoms with Gasteiger partial charge in [-0.3, -0.25) is 0 Å². The minimum Gasteiger partial charge on any atom is -0.456 e. The molecule has 5 aliphatic heterocycles. The number of carbonyl (C=O) groups is 1. The molecule has 5 aliphatic rings. The molecule has 0 radical (unpaired) electrons. The molecule has 0 aromatic heterocycles. The summed E-state index contributed by atoms with van der Waals surface area (Å²) in [6.07, 6.45) is -8.27. The molecule has 0 saturated carbocycles. The summed E-state index contributed by atoms with van der Waals surface area (Å²) in [6.45, 7) is 19.1. The van der Waals surface area contributed by atoms with Gasteiger partial charge in [0.25, 0.3) is 0 Å². The Morgan fingerprint density at radius 3 is 2.05 bits per heavy atom. The average Bonchev–Trinajstić information content (AvgIpc) is 3.46. The van der Waals surface area contributed by atoms with E-state index >= 15 is 0 Å². The highest BCUT2D eigenvalue weighted by Gasteiger charge is 2.57. The minimum atomic E-state index is -2.54. The fraction of sp³-hybridized carbons (Fsp3) is 0.810. The highest BCUT2D eigenvalue weighted by Crippen LogP contribution is 2.43. The topological polar surface area (TPSA) is 290 Å². The molecule has 4 saturated heterocycles. The predicted octanol–water partition coefficient (Wildman–Crippen LogP) is 3.59. The molecule has 4 fully saturated rings. The largest absolute Gasteiger partial charge is 0.456 e. The number of methoxy groups -OCH3 is 4. The molecule has 25 atom stereocenters. The third-order valence-electron chi connectivity index (χ3n) is 16.4. The molecule has 21 nitrogen and oxygen atoms in total. The van der Waals surface area contributed by atoms with Crippen molar-refractivity contribution in [3.05, 3.63) is 58.7 Å². The van der Waals surface area contributed by atoms with Crippen LogP contribution in [0.2, 0.25) is 0 Å². The Morgan fingerprint density at radius 1 is 0.747 bits per heavy atom. The Labute approximate surface area is 467 Å². The molecular weight excluding hydrogens is 1030 g/mol. The van der Waals surface area contributed by atoms with Crippen LogP contribution in [-0.4, -0.2) is 216 Å². The van der Waals surface area contributed by atoms with Crippen molar-refractivity contribution in [1.29, 1.82) is 0 Å². The van der Waals surface area contributed by atoms with Crippen LogP contribution in [0.15, 0.2) is 58.7 Å². The van der Waals surface area contributed by atoms with Crippen LogP contribution in [0.1, 0.15) is 115 Å². The predicted molar refractivity (Wildman–Crippen MR) is 288 cm³/mol. The smallest absolute Gasteiger partial charge is 0.334 e. The van der Waals surface area contributed by atoms with Crippen molar-refractivity contribution in [3.63, 3.8) is 0 Å². The van der Waals surface area contributed by atoms with Gasteiger partial charge < -0.3 is 97.7 Å². The van der Waals surface area contributed by atoms with Crippen molar-refractivity contribution in [3.8, 4) is 0 Å². The van der Waals surface area contributed by atoms with Crippen LogP contribution < -0.4 is 0 Å². The van der Waals surface area contributed by atoms with E-state index in [0.717, 1.165) is 11.1 Å². The number of ether oxygens (including phenoxy) is 12. The van der Waals surface area contributed by atoms with Crippen LogP contribution in [0.5, 0.6) is 0 Å². The summed E-state index contributed by atoms with van der Waals surface area (Å²) in [5, 5.41) is 92.6. The maximum Gasteiger partial charge on any atom is 0.334 e. The molecule has 21 heteroatoms. The molecule has 25 unspecified atom stereocenters. The second-order valence-electron chi connectivity index (χ2n) is 23.0. The lowest BCUT2D eigenvalue weighted by Crippen LogP contribution is -2.66. The Morgan fingerprint density at radius 2 is 1.42 bits per heavy atom. The van der Waals surface area contributed by atoms with Crippen LogP contribution in [-0.2, 0) is 61.6 Å². The van der Waals surface area contributed by atoms with E-state index in [1.54, 1.807) is 54.5 Å². The molecule has 5 heterocycles. The fourth-order valence-electron chi connectivity index (χ4n) is 11.6. The van der Waals surface area contributed by atoms with Crippen LogP contribution in [0.4, 0.5) is 0 Å². The first-order chi connectivity index (χ1) is 37.1. The third-order valence-corrected chi connectivity index (χ3v) is 16.4. The van der Waals surface area contributed by atoms with E-state index in [1.807, 2.05) is 51.2 Å². The zero-order valence-electron chi connectivity index (χ0n) is 49.1. The molecule has 5 rings (SSSR count). The zero-order chi connectivity index (χ0) is 58.8. The van der Waals surface area contributed by atoms with Gasteiger partial charge in [-0.1, -0.05) is 67.9 Å². The number of rotatable bonds is 15. The highest BCUT2D eigenvalue weighted by atomic mass is 16.7. The maximum atomic E-state index is 14.1. The maximum absolute atomic E-state index is 14.1. The Kier molecular flexibility index (Phi) is 25.3. The Bertz CT molecular complexity index is 2080. The first-order valence-corrected chi connectivity index (χ1v) is 27.9. The SMILES string of the molecule is COCC(CC1OC(O)(C(O)C2CC(OC)C(O)CC/C=C(C)/C=C/C(OC3OC(C)C(OC)C(O)C3O)C(C)/C=C(C)/C=C(C)/C=C(\C)C(=O)O2)C(C)C(O)C1C)OC1CC(C)(O)C(OC2CC(OC)C(O)C(C)O2)C(C)O1. The fourth-order valence-corrected chi connectivity index (χ4v) is 11.6. The van der Waals surface area contributed by atoms with E-state index < -0.39 is 152 Å². The van der Waals surface area contributed by atoms with Crippen molar-refractivity contribution in [2.45, 2.75) is 249 Å². The molecule has 0 bridgehead atoms. The van der Waals surface area contributed by atoms with Crippen molar-refractivity contribution in [1.82, 2.24) is 0 Å². The van der Waals surface area contributed by atoms with Crippen molar-refractivity contribution < 1.29 is 102 Å². The van der Waals surface area contributed by atoms with Crippen molar-refractivity contribution >= 4 is 5.97 Å². The van der Waals surface area contributed by atoms with Gasteiger partial charge in [0.15, 0.2) is 18.9 Å². The van der Waals surface area contributed by atoms with E-state index in [9.17, 15) is 45.6 Å². The molecule has 79 heavy (non-hydrogen) atoms. The van der Waals surface area contributed by atoms with E-state index in [1.165, 1.54) is 35.4 Å². The van der Waals surface area contributed by atoms with Gasteiger partial charge in [0.2, 0.25) is 5.79 Å². The summed E-state index contributed by atoms with van der Waals surface area (Å²) in [5.41, 5.74) is 0.977. The first-order valence-electron chi connectivity index (χ1n) is 27.9. The number of aliphatic hydroxyl groups excluding tert-OH is 6. The minimum absolute atomic E-state index is 0.00743. The standard InChI is InChI=1S/C58H96O21/c1-29-17-16-18-40(59)43(69-13)25-45(76-55(65)33(5)23-31(3)21-30(2)22-32(4)41(20-19-29)77-56-51(63)50(62)52(71-15)37(9)74-56)53(64)58(67)35(7)48(60)34(6)42(79-58)24-39(28-68-12)75-47-27-57(11,66)54(38(10)73-47)78-46-26-44(70-14)49(61)36(8)72-46/h17,19-23,32,34-54,56,59-64,66-67H,16,18,24-28H2,1-15H3/b20-19+,29-17+,30-22+,31-21+,33-23+. The number of hydrogen-bond donors (Lipinski definition) is 8. The number of cyclic esters (lactones) is 1. The molecule has 0 spiro atoms. The van der Waals surface area contributed by atoms with Gasteiger partial charge in [-0.05, 0) is 74.3 Å². The second-order valence-corrected chi connectivity index (χ2v) is 23.0. The summed E-state index contributed by atoms with van der Waals surface area (Å²) in [7, 11) is 5.80. The highest BCUT2D eigenvalue weighted by molar-refractivity contribution is 5.88. The van der Waals surface area contributed by atoms with Crippen LogP contribution in [0.25, 0.3) is 0 Å². The summed E-state index contributed by atoms with van der Waals surface area (Å²) in [6, 6.07) is 0. The van der Waals surface area contributed by atoms with E-state index in [4.69, 9.17) is 56.8 Å². The average molecular weight is 1130 g/mol. The molecule has 8 N–H and O–H groups in total. The van der Waals surface area contributed by atoms with Crippen LogP contribution >= 0.6 is 0 Å². The summed E-state index contributed by atoms with van der Waals surface area (Å²) in [5.74, 6) is -5.45. The van der Waals surface area contributed by atoms with Gasteiger partial charge in [-0.2, -0.15) is 0 Å². The molecule has 0 aromatic rings. The Balaban J connectivity index is 1.37. The second kappa shape index (κ2) is 29.8. The lowest BCUT2D eigenvalue weighted by molar-refractivity contribution is -0.366. The van der Waals surface area contributed by atoms with Gasteiger partial charge in [0, 0.05) is 77.4 Å².